The van der Waals surface area contributed by atoms with E-state index < -0.39 is 5.54 Å². The summed E-state index contributed by atoms with van der Waals surface area (Å²) in [6.45, 7) is 4.71. The van der Waals surface area contributed by atoms with Gasteiger partial charge in [-0.15, -0.1) is 0 Å². The van der Waals surface area contributed by atoms with Crippen LogP contribution >= 0.6 is 0 Å². The fraction of sp³-hybridized carbons (Fsp3) is 0.933. The fourth-order valence-corrected chi connectivity index (χ4v) is 3.56. The molecule has 1 saturated carbocycles. The highest BCUT2D eigenvalue weighted by atomic mass is 16.5. The lowest BCUT2D eigenvalue weighted by molar-refractivity contribution is -0.162. The maximum absolute atomic E-state index is 12.3. The molecule has 0 bridgehead atoms. The van der Waals surface area contributed by atoms with Gasteiger partial charge < -0.3 is 9.47 Å². The van der Waals surface area contributed by atoms with Crippen molar-refractivity contribution >= 4 is 5.97 Å². The molecular formula is C15H27NO3. The summed E-state index contributed by atoms with van der Waals surface area (Å²) in [7, 11) is 1.48. The Labute approximate surface area is 116 Å². The number of carbonyl (C=O) groups excluding carboxylic acids is 1. The first kappa shape index (κ1) is 14.8. The molecular weight excluding hydrogens is 242 g/mol. The lowest BCUT2D eigenvalue weighted by Crippen LogP contribution is -2.62. The second kappa shape index (κ2) is 5.80. The largest absolute Gasteiger partial charge is 0.468 e. The van der Waals surface area contributed by atoms with E-state index in [-0.39, 0.29) is 11.6 Å². The van der Waals surface area contributed by atoms with Crippen molar-refractivity contribution in [1.82, 2.24) is 5.32 Å². The maximum Gasteiger partial charge on any atom is 0.326 e. The Morgan fingerprint density at radius 1 is 1.26 bits per heavy atom. The second-order valence-electron chi connectivity index (χ2n) is 6.59. The molecule has 2 rings (SSSR count). The third-order valence-electron chi connectivity index (χ3n) is 4.41. The normalized spacial score (nSPS) is 31.9. The minimum atomic E-state index is -0.557. The predicted molar refractivity (Wildman–Crippen MR) is 74.0 cm³/mol. The Kier molecular flexibility index (Phi) is 4.51. The number of rotatable bonds is 3. The third kappa shape index (κ3) is 3.48. The van der Waals surface area contributed by atoms with Crippen molar-refractivity contribution in [3.05, 3.63) is 0 Å². The van der Waals surface area contributed by atoms with Crippen molar-refractivity contribution in [2.24, 2.45) is 0 Å². The molecule has 0 spiro atoms. The highest BCUT2D eigenvalue weighted by Crippen LogP contribution is 2.34. The molecule has 2 fully saturated rings. The average molecular weight is 269 g/mol. The monoisotopic (exact) mass is 269 g/mol. The zero-order valence-corrected chi connectivity index (χ0v) is 12.5. The van der Waals surface area contributed by atoms with Crippen LogP contribution in [0.5, 0.6) is 0 Å². The summed E-state index contributed by atoms with van der Waals surface area (Å²) in [5.41, 5.74) is -0.827. The summed E-state index contributed by atoms with van der Waals surface area (Å²) in [6, 6.07) is 0.446. The lowest BCUT2D eigenvalue weighted by Gasteiger charge is -2.45. The fourth-order valence-electron chi connectivity index (χ4n) is 3.56. The van der Waals surface area contributed by atoms with E-state index in [1.54, 1.807) is 0 Å². The lowest BCUT2D eigenvalue weighted by atomic mass is 9.79. The van der Waals surface area contributed by atoms with E-state index in [0.29, 0.717) is 25.5 Å². The van der Waals surface area contributed by atoms with Crippen LogP contribution in [0, 0.1) is 0 Å². The Morgan fingerprint density at radius 3 is 2.53 bits per heavy atom. The van der Waals surface area contributed by atoms with E-state index in [1.165, 1.54) is 39.2 Å². The minimum Gasteiger partial charge on any atom is -0.468 e. The van der Waals surface area contributed by atoms with Crippen molar-refractivity contribution in [2.75, 3.05) is 13.7 Å². The molecule has 1 unspecified atom stereocenters. The number of hydrogen-bond acceptors (Lipinski definition) is 4. The molecule has 1 aliphatic carbocycles. The van der Waals surface area contributed by atoms with Crippen molar-refractivity contribution in [2.45, 2.75) is 76.0 Å². The molecule has 1 N–H and O–H groups in total. The zero-order chi connectivity index (χ0) is 13.9. The number of carbonyl (C=O) groups is 1. The van der Waals surface area contributed by atoms with Gasteiger partial charge >= 0.3 is 5.97 Å². The minimum absolute atomic E-state index is 0.130. The van der Waals surface area contributed by atoms with E-state index >= 15 is 0 Å². The first-order chi connectivity index (χ1) is 8.97. The van der Waals surface area contributed by atoms with Gasteiger partial charge in [0.1, 0.15) is 5.54 Å². The van der Waals surface area contributed by atoms with Crippen LogP contribution < -0.4 is 5.32 Å². The molecule has 110 valence electrons. The molecule has 2 aliphatic rings. The Balaban J connectivity index is 2.12. The van der Waals surface area contributed by atoms with Crippen LogP contribution in [0.4, 0.5) is 0 Å². The Bertz CT molecular complexity index is 323. The molecule has 4 heteroatoms. The van der Waals surface area contributed by atoms with E-state index in [4.69, 9.17) is 9.47 Å². The summed E-state index contributed by atoms with van der Waals surface area (Å²) in [5.74, 6) is -0.130. The maximum atomic E-state index is 12.3. The van der Waals surface area contributed by atoms with Crippen molar-refractivity contribution in [3.8, 4) is 0 Å². The van der Waals surface area contributed by atoms with Crippen molar-refractivity contribution < 1.29 is 14.3 Å². The molecule has 4 nitrogen and oxygen atoms in total. The number of hydrogen-bond donors (Lipinski definition) is 1. The van der Waals surface area contributed by atoms with Gasteiger partial charge in [0.05, 0.1) is 12.7 Å². The Morgan fingerprint density at radius 2 is 1.95 bits per heavy atom. The summed E-state index contributed by atoms with van der Waals surface area (Å²) >= 11 is 0. The molecule has 0 aromatic rings. The van der Waals surface area contributed by atoms with Crippen LogP contribution in [-0.4, -0.2) is 36.9 Å². The average Bonchev–Trinajstić information content (AvgIpc) is 2.37. The second-order valence-corrected chi connectivity index (χ2v) is 6.59. The highest BCUT2D eigenvalue weighted by Gasteiger charge is 2.48. The van der Waals surface area contributed by atoms with Gasteiger partial charge in [-0.1, -0.05) is 19.3 Å². The van der Waals surface area contributed by atoms with Crippen LogP contribution in [0.1, 0.15) is 58.8 Å². The quantitative estimate of drug-likeness (QED) is 0.799. The van der Waals surface area contributed by atoms with Gasteiger partial charge in [-0.25, -0.2) is 0 Å². The van der Waals surface area contributed by atoms with Gasteiger partial charge in [0.25, 0.3) is 0 Å². The molecule has 0 aromatic heterocycles. The molecule has 19 heavy (non-hydrogen) atoms. The molecule has 1 saturated heterocycles. The molecule has 1 heterocycles. The van der Waals surface area contributed by atoms with Gasteiger partial charge in [-0.05, 0) is 33.1 Å². The van der Waals surface area contributed by atoms with Gasteiger partial charge in [0.15, 0.2) is 0 Å². The summed E-state index contributed by atoms with van der Waals surface area (Å²) < 4.78 is 10.8. The van der Waals surface area contributed by atoms with Crippen LogP contribution in [0.3, 0.4) is 0 Å². The van der Waals surface area contributed by atoms with Gasteiger partial charge in [0.2, 0.25) is 0 Å². The summed E-state index contributed by atoms with van der Waals surface area (Å²) in [5, 5.41) is 3.62. The van der Waals surface area contributed by atoms with Crippen molar-refractivity contribution in [3.63, 3.8) is 0 Å². The number of methoxy groups -OCH3 is 1. The number of esters is 1. The molecule has 0 aromatic carbocycles. The van der Waals surface area contributed by atoms with Crippen LogP contribution in [0.2, 0.25) is 0 Å². The van der Waals surface area contributed by atoms with Crippen molar-refractivity contribution in [1.29, 1.82) is 0 Å². The summed E-state index contributed by atoms with van der Waals surface area (Å²) in [4.78, 5) is 12.3. The highest BCUT2D eigenvalue weighted by molar-refractivity contribution is 5.81. The smallest absolute Gasteiger partial charge is 0.326 e. The van der Waals surface area contributed by atoms with Gasteiger partial charge in [-0.2, -0.15) is 0 Å². The van der Waals surface area contributed by atoms with E-state index in [0.717, 1.165) is 0 Å². The SMILES string of the molecule is COC(=O)C1(NC2CCCCC2)CCOC(C)(C)C1. The van der Waals surface area contributed by atoms with E-state index in [9.17, 15) is 4.79 Å². The summed E-state index contributed by atoms with van der Waals surface area (Å²) in [6.07, 6.45) is 7.56. The number of nitrogens with one attached hydrogen (secondary N) is 1. The topological polar surface area (TPSA) is 47.6 Å². The van der Waals surface area contributed by atoms with E-state index in [2.05, 4.69) is 5.32 Å². The Hall–Kier alpha value is -0.610. The molecule has 1 aliphatic heterocycles. The zero-order valence-electron chi connectivity index (χ0n) is 12.5. The molecule has 0 radical (unpaired) electrons. The molecule has 1 atom stereocenters. The first-order valence-electron chi connectivity index (χ1n) is 7.48. The third-order valence-corrected chi connectivity index (χ3v) is 4.41. The van der Waals surface area contributed by atoms with Gasteiger partial charge in [0, 0.05) is 19.1 Å². The van der Waals surface area contributed by atoms with Crippen LogP contribution in [0.25, 0.3) is 0 Å². The number of ether oxygens (including phenoxy) is 2. The molecule has 0 amide bonds. The standard InChI is InChI=1S/C15H27NO3/c1-14(2)11-15(9-10-19-14,13(17)18-3)16-12-7-5-4-6-8-12/h12,16H,4-11H2,1-3H3. The van der Waals surface area contributed by atoms with Crippen LogP contribution in [0.15, 0.2) is 0 Å². The van der Waals surface area contributed by atoms with Gasteiger partial charge in [-0.3, -0.25) is 10.1 Å². The predicted octanol–water partition coefficient (Wildman–Crippen LogP) is 2.41. The van der Waals surface area contributed by atoms with E-state index in [1.807, 2.05) is 13.8 Å². The van der Waals surface area contributed by atoms with Crippen LogP contribution in [-0.2, 0) is 14.3 Å². The first-order valence-corrected chi connectivity index (χ1v) is 7.48.